The summed E-state index contributed by atoms with van der Waals surface area (Å²) in [6.07, 6.45) is 6.64. The monoisotopic (exact) mass is 254 g/mol. The van der Waals surface area contributed by atoms with Crippen molar-refractivity contribution in [2.45, 2.75) is 51.0 Å². The molecule has 5 heteroatoms. The lowest BCUT2D eigenvalue weighted by Gasteiger charge is -2.29. The number of carbonyl (C=O) groups excluding carboxylic acids is 1. The van der Waals surface area contributed by atoms with E-state index in [1.807, 2.05) is 4.90 Å². The number of carboxylic acids is 1. The fourth-order valence-corrected chi connectivity index (χ4v) is 2.48. The second-order valence-corrected chi connectivity index (χ2v) is 5.25. The highest BCUT2D eigenvalue weighted by molar-refractivity contribution is 5.76. The van der Waals surface area contributed by atoms with Gasteiger partial charge in [-0.05, 0) is 25.7 Å². The van der Waals surface area contributed by atoms with Gasteiger partial charge in [0.05, 0.1) is 6.42 Å². The second kappa shape index (κ2) is 6.07. The normalized spacial score (nSPS) is 20.3. The number of hydrogen-bond donors (Lipinski definition) is 1. The van der Waals surface area contributed by atoms with Crippen LogP contribution >= 0.6 is 0 Å². The van der Waals surface area contributed by atoms with Crippen molar-refractivity contribution in [2.24, 2.45) is 0 Å². The number of aliphatic carboxylic acids is 1. The maximum atomic E-state index is 12.4. The molecule has 1 aliphatic carbocycles. The highest BCUT2D eigenvalue weighted by Gasteiger charge is 2.34. The Morgan fingerprint density at radius 2 is 1.72 bits per heavy atom. The first-order chi connectivity index (χ1) is 8.68. The van der Waals surface area contributed by atoms with E-state index in [1.165, 1.54) is 12.8 Å². The van der Waals surface area contributed by atoms with Gasteiger partial charge in [0.25, 0.3) is 0 Å². The molecule has 2 rings (SSSR count). The van der Waals surface area contributed by atoms with Crippen molar-refractivity contribution in [1.29, 1.82) is 0 Å². The maximum Gasteiger partial charge on any atom is 0.320 e. The van der Waals surface area contributed by atoms with Crippen LogP contribution in [0.2, 0.25) is 0 Å². The average molecular weight is 254 g/mol. The molecule has 1 N–H and O–H groups in total. The molecule has 2 aliphatic rings. The minimum absolute atomic E-state index is 0.0517. The summed E-state index contributed by atoms with van der Waals surface area (Å²) in [5.41, 5.74) is 0. The molecule has 1 heterocycles. The van der Waals surface area contributed by atoms with E-state index >= 15 is 0 Å². The summed E-state index contributed by atoms with van der Waals surface area (Å²) in [5, 5.41) is 8.75. The summed E-state index contributed by atoms with van der Waals surface area (Å²) >= 11 is 0. The smallest absolute Gasteiger partial charge is 0.320 e. The summed E-state index contributed by atoms with van der Waals surface area (Å²) in [5.74, 6) is -0.829. The molecular formula is C13H22N2O3. The van der Waals surface area contributed by atoms with Crippen LogP contribution in [0.15, 0.2) is 0 Å². The van der Waals surface area contributed by atoms with E-state index in [-0.39, 0.29) is 12.5 Å². The van der Waals surface area contributed by atoms with Crippen LogP contribution < -0.4 is 0 Å². The van der Waals surface area contributed by atoms with Crippen LogP contribution in [0.3, 0.4) is 0 Å². The van der Waals surface area contributed by atoms with Crippen molar-refractivity contribution in [3.8, 4) is 0 Å². The minimum atomic E-state index is -0.829. The lowest BCUT2D eigenvalue weighted by atomic mass is 10.2. The zero-order valence-corrected chi connectivity index (χ0v) is 10.8. The first-order valence-electron chi connectivity index (χ1n) is 6.96. The van der Waals surface area contributed by atoms with Crippen molar-refractivity contribution in [3.63, 3.8) is 0 Å². The van der Waals surface area contributed by atoms with Crippen LogP contribution in [-0.4, -0.2) is 52.6 Å². The highest BCUT2D eigenvalue weighted by atomic mass is 16.4. The van der Waals surface area contributed by atoms with Crippen LogP contribution in [-0.2, 0) is 4.79 Å². The topological polar surface area (TPSA) is 60.9 Å². The Bertz CT molecular complexity index is 307. The molecule has 0 aromatic carbocycles. The molecule has 0 atom stereocenters. The van der Waals surface area contributed by atoms with Gasteiger partial charge in [-0.25, -0.2) is 4.79 Å². The Morgan fingerprint density at radius 3 is 2.22 bits per heavy atom. The largest absolute Gasteiger partial charge is 0.481 e. The predicted molar refractivity (Wildman–Crippen MR) is 67.4 cm³/mol. The zero-order valence-electron chi connectivity index (χ0n) is 10.8. The Labute approximate surface area is 108 Å². The molecule has 0 spiro atoms. The lowest BCUT2D eigenvalue weighted by molar-refractivity contribution is -0.137. The van der Waals surface area contributed by atoms with Gasteiger partial charge in [-0.1, -0.05) is 12.8 Å². The Hall–Kier alpha value is -1.26. The van der Waals surface area contributed by atoms with Crippen molar-refractivity contribution >= 4 is 12.0 Å². The van der Waals surface area contributed by atoms with E-state index in [0.29, 0.717) is 12.6 Å². The van der Waals surface area contributed by atoms with E-state index in [1.54, 1.807) is 4.90 Å². The number of hydrogen-bond acceptors (Lipinski definition) is 2. The molecule has 0 aromatic heterocycles. The van der Waals surface area contributed by atoms with E-state index in [9.17, 15) is 9.59 Å². The SMILES string of the molecule is O=C(O)CCN(C(=O)N1CCCCCC1)C1CC1. The summed E-state index contributed by atoms with van der Waals surface area (Å²) in [6.45, 7) is 2.01. The van der Waals surface area contributed by atoms with Crippen LogP contribution in [0.1, 0.15) is 44.9 Å². The third kappa shape index (κ3) is 3.62. The predicted octanol–water partition coefficient (Wildman–Crippen LogP) is 1.92. The molecule has 2 amide bonds. The zero-order chi connectivity index (χ0) is 13.0. The fraction of sp³-hybridized carbons (Fsp3) is 0.846. The number of nitrogens with zero attached hydrogens (tertiary/aromatic N) is 2. The van der Waals surface area contributed by atoms with Crippen LogP contribution in [0, 0.1) is 0 Å². The van der Waals surface area contributed by atoms with Gasteiger partial charge in [-0.2, -0.15) is 0 Å². The second-order valence-electron chi connectivity index (χ2n) is 5.25. The molecular weight excluding hydrogens is 232 g/mol. The van der Waals surface area contributed by atoms with Gasteiger partial charge >= 0.3 is 12.0 Å². The summed E-state index contributed by atoms with van der Waals surface area (Å²) in [7, 11) is 0. The van der Waals surface area contributed by atoms with E-state index in [2.05, 4.69) is 0 Å². The van der Waals surface area contributed by atoms with Gasteiger partial charge in [-0.15, -0.1) is 0 Å². The number of amides is 2. The standard InChI is InChI=1S/C13H22N2O3/c16-12(17)7-10-15(11-5-6-11)13(18)14-8-3-1-2-4-9-14/h11H,1-10H2,(H,16,17). The first kappa shape index (κ1) is 13.2. The molecule has 1 aliphatic heterocycles. The van der Waals surface area contributed by atoms with Gasteiger partial charge in [0.15, 0.2) is 0 Å². The average Bonchev–Trinajstić information content (AvgIpc) is 3.15. The van der Waals surface area contributed by atoms with Gasteiger partial charge in [0.2, 0.25) is 0 Å². The molecule has 0 aromatic rings. The van der Waals surface area contributed by atoms with Crippen LogP contribution in [0.5, 0.6) is 0 Å². The molecule has 18 heavy (non-hydrogen) atoms. The number of likely N-dealkylation sites (tertiary alicyclic amines) is 1. The molecule has 102 valence electrons. The summed E-state index contributed by atoms with van der Waals surface area (Å²) in [4.78, 5) is 26.7. The third-order valence-electron chi connectivity index (χ3n) is 3.68. The number of rotatable bonds is 4. The van der Waals surface area contributed by atoms with E-state index in [0.717, 1.165) is 38.8 Å². The maximum absolute atomic E-state index is 12.4. The number of carbonyl (C=O) groups is 2. The van der Waals surface area contributed by atoms with Gasteiger partial charge in [0, 0.05) is 25.7 Å². The summed E-state index contributed by atoms with van der Waals surface area (Å²) in [6, 6.07) is 0.348. The van der Waals surface area contributed by atoms with E-state index in [4.69, 9.17) is 5.11 Å². The quantitative estimate of drug-likeness (QED) is 0.833. The molecule has 0 bridgehead atoms. The first-order valence-corrected chi connectivity index (χ1v) is 6.96. The lowest BCUT2D eigenvalue weighted by Crippen LogP contribution is -2.45. The minimum Gasteiger partial charge on any atom is -0.481 e. The molecule has 5 nitrogen and oxygen atoms in total. The summed E-state index contributed by atoms with van der Waals surface area (Å²) < 4.78 is 0. The Balaban J connectivity index is 1.91. The Morgan fingerprint density at radius 1 is 1.11 bits per heavy atom. The number of carboxylic acid groups (broad SMARTS) is 1. The fourth-order valence-electron chi connectivity index (χ4n) is 2.48. The molecule has 0 unspecified atom stereocenters. The van der Waals surface area contributed by atoms with Crippen molar-refractivity contribution < 1.29 is 14.7 Å². The Kier molecular flexibility index (Phi) is 4.44. The molecule has 0 radical (unpaired) electrons. The van der Waals surface area contributed by atoms with E-state index < -0.39 is 5.97 Å². The molecule has 1 saturated heterocycles. The number of urea groups is 1. The van der Waals surface area contributed by atoms with Crippen molar-refractivity contribution in [3.05, 3.63) is 0 Å². The van der Waals surface area contributed by atoms with Crippen LogP contribution in [0.25, 0.3) is 0 Å². The van der Waals surface area contributed by atoms with Gasteiger partial charge in [0.1, 0.15) is 0 Å². The molecule has 1 saturated carbocycles. The van der Waals surface area contributed by atoms with Crippen molar-refractivity contribution in [2.75, 3.05) is 19.6 Å². The van der Waals surface area contributed by atoms with Gasteiger partial charge < -0.3 is 14.9 Å². The third-order valence-corrected chi connectivity index (χ3v) is 3.68. The molecule has 2 fully saturated rings. The van der Waals surface area contributed by atoms with Crippen LogP contribution in [0.4, 0.5) is 4.79 Å². The van der Waals surface area contributed by atoms with Crippen molar-refractivity contribution in [1.82, 2.24) is 9.80 Å². The van der Waals surface area contributed by atoms with Gasteiger partial charge in [-0.3, -0.25) is 4.79 Å². The highest BCUT2D eigenvalue weighted by Crippen LogP contribution is 2.28.